The fourth-order valence-electron chi connectivity index (χ4n) is 1.83. The topological polar surface area (TPSA) is 21.3 Å². The summed E-state index contributed by atoms with van der Waals surface area (Å²) in [5.41, 5.74) is 1.25. The van der Waals surface area contributed by atoms with Crippen LogP contribution in [0.4, 0.5) is 13.2 Å². The summed E-state index contributed by atoms with van der Waals surface area (Å²) >= 11 is 1.65. The maximum atomic E-state index is 11.9. The normalized spacial score (nSPS) is 15.4. The summed E-state index contributed by atoms with van der Waals surface area (Å²) in [4.78, 5) is 1.15. The molecule has 0 bridgehead atoms. The predicted molar refractivity (Wildman–Crippen MR) is 78.5 cm³/mol. The van der Waals surface area contributed by atoms with E-state index in [0.29, 0.717) is 12.5 Å². The Kier molecular flexibility index (Phi) is 6.39. The van der Waals surface area contributed by atoms with Crippen molar-refractivity contribution < 1.29 is 17.9 Å². The van der Waals surface area contributed by atoms with Crippen molar-refractivity contribution in [1.82, 2.24) is 5.32 Å². The zero-order chi connectivity index (χ0) is 15.1. The van der Waals surface area contributed by atoms with Gasteiger partial charge in [-0.3, -0.25) is 0 Å². The van der Waals surface area contributed by atoms with Crippen LogP contribution in [0.2, 0.25) is 0 Å². The summed E-state index contributed by atoms with van der Waals surface area (Å²) in [5.74, 6) is 0.761. The Labute approximate surface area is 127 Å². The Morgan fingerprint density at radius 1 is 1.29 bits per heavy atom. The maximum absolute atomic E-state index is 11.9. The van der Waals surface area contributed by atoms with Gasteiger partial charge in [0.25, 0.3) is 0 Å². The summed E-state index contributed by atoms with van der Waals surface area (Å²) < 4.78 is 40.2. The molecule has 1 aromatic carbocycles. The molecule has 2 nitrogen and oxygen atoms in total. The first-order valence-corrected chi connectivity index (χ1v) is 8.11. The molecule has 0 spiro atoms. The smallest absolute Gasteiger partial charge is 0.372 e. The first-order chi connectivity index (χ1) is 10.0. The van der Waals surface area contributed by atoms with Crippen LogP contribution in [0.15, 0.2) is 29.2 Å². The maximum Gasteiger partial charge on any atom is 0.411 e. The lowest BCUT2D eigenvalue weighted by molar-refractivity contribution is -0.173. The fraction of sp³-hybridized carbons (Fsp3) is 0.600. The summed E-state index contributed by atoms with van der Waals surface area (Å²) in [6, 6.07) is 8.96. The Balaban J connectivity index is 1.60. The van der Waals surface area contributed by atoms with Crippen molar-refractivity contribution in [3.8, 4) is 0 Å². The lowest BCUT2D eigenvalue weighted by Gasteiger charge is -2.08. The summed E-state index contributed by atoms with van der Waals surface area (Å²) in [7, 11) is 0. The van der Waals surface area contributed by atoms with Crippen LogP contribution in [0.25, 0.3) is 0 Å². The second-order valence-electron chi connectivity index (χ2n) is 5.17. The van der Waals surface area contributed by atoms with Gasteiger partial charge >= 0.3 is 6.18 Å². The Morgan fingerprint density at radius 3 is 2.81 bits per heavy atom. The molecule has 0 heterocycles. The molecule has 0 amide bonds. The van der Waals surface area contributed by atoms with Gasteiger partial charge in [-0.25, -0.2) is 0 Å². The molecular formula is C15H20F3NOS. The Hall–Kier alpha value is -0.720. The minimum absolute atomic E-state index is 0.148. The molecule has 0 saturated heterocycles. The minimum atomic E-state index is -4.23. The van der Waals surface area contributed by atoms with E-state index < -0.39 is 12.8 Å². The molecule has 1 fully saturated rings. The fourth-order valence-corrected chi connectivity index (χ4v) is 2.74. The van der Waals surface area contributed by atoms with Gasteiger partial charge in [0, 0.05) is 29.8 Å². The van der Waals surface area contributed by atoms with Crippen molar-refractivity contribution in [2.45, 2.75) is 42.9 Å². The van der Waals surface area contributed by atoms with Gasteiger partial charge in [0.1, 0.15) is 6.61 Å². The molecular weight excluding hydrogens is 299 g/mol. The molecule has 0 unspecified atom stereocenters. The number of benzene rings is 1. The van der Waals surface area contributed by atoms with Gasteiger partial charge in [-0.05, 0) is 37.0 Å². The van der Waals surface area contributed by atoms with E-state index in [-0.39, 0.29) is 6.61 Å². The molecule has 0 atom stereocenters. The van der Waals surface area contributed by atoms with E-state index in [1.54, 1.807) is 11.8 Å². The lowest BCUT2D eigenvalue weighted by atomic mass is 10.2. The van der Waals surface area contributed by atoms with Crippen LogP contribution in [0.3, 0.4) is 0 Å². The van der Waals surface area contributed by atoms with Gasteiger partial charge in [0.05, 0.1) is 0 Å². The average molecular weight is 319 g/mol. The zero-order valence-electron chi connectivity index (χ0n) is 11.8. The molecule has 21 heavy (non-hydrogen) atoms. The van der Waals surface area contributed by atoms with Gasteiger partial charge in [0.15, 0.2) is 0 Å². The predicted octanol–water partition coefficient (Wildman–Crippen LogP) is 4.00. The highest BCUT2D eigenvalue weighted by Crippen LogP contribution is 2.22. The van der Waals surface area contributed by atoms with Crippen LogP contribution in [-0.4, -0.2) is 31.2 Å². The number of alkyl halides is 3. The third kappa shape index (κ3) is 7.74. The number of thioether (sulfide) groups is 1. The Bertz CT molecular complexity index is 435. The third-order valence-electron chi connectivity index (χ3n) is 3.04. The minimum Gasteiger partial charge on any atom is -0.372 e. The van der Waals surface area contributed by atoms with E-state index in [1.165, 1.54) is 18.4 Å². The number of nitrogens with one attached hydrogen (secondary N) is 1. The van der Waals surface area contributed by atoms with Gasteiger partial charge in [-0.2, -0.15) is 13.2 Å². The number of rotatable bonds is 9. The first kappa shape index (κ1) is 16.6. The van der Waals surface area contributed by atoms with Crippen molar-refractivity contribution in [3.05, 3.63) is 29.8 Å². The number of hydrogen-bond donors (Lipinski definition) is 1. The SMILES string of the molecule is FC(F)(F)COCCCSc1cccc(CNC2CC2)c1. The van der Waals surface area contributed by atoms with Gasteiger partial charge in [-0.1, -0.05) is 12.1 Å². The van der Waals surface area contributed by atoms with Gasteiger partial charge in [0.2, 0.25) is 0 Å². The second-order valence-corrected chi connectivity index (χ2v) is 6.34. The molecule has 1 N–H and O–H groups in total. The van der Waals surface area contributed by atoms with Crippen molar-refractivity contribution >= 4 is 11.8 Å². The zero-order valence-corrected chi connectivity index (χ0v) is 12.6. The summed E-state index contributed by atoms with van der Waals surface area (Å²) in [6.45, 7) is -0.122. The van der Waals surface area contributed by atoms with Gasteiger partial charge in [-0.15, -0.1) is 11.8 Å². The van der Waals surface area contributed by atoms with Crippen LogP contribution in [0.5, 0.6) is 0 Å². The van der Waals surface area contributed by atoms with E-state index in [2.05, 4.69) is 22.2 Å². The monoisotopic (exact) mass is 319 g/mol. The summed E-state index contributed by atoms with van der Waals surface area (Å²) in [5, 5.41) is 3.46. The summed E-state index contributed by atoms with van der Waals surface area (Å²) in [6.07, 6.45) is -1.07. The molecule has 0 radical (unpaired) electrons. The Morgan fingerprint density at radius 2 is 2.10 bits per heavy atom. The molecule has 0 aromatic heterocycles. The molecule has 1 aliphatic rings. The highest BCUT2D eigenvalue weighted by molar-refractivity contribution is 7.99. The van der Waals surface area contributed by atoms with Crippen LogP contribution in [0.1, 0.15) is 24.8 Å². The van der Waals surface area contributed by atoms with Crippen molar-refractivity contribution in [3.63, 3.8) is 0 Å². The van der Waals surface area contributed by atoms with Gasteiger partial charge < -0.3 is 10.1 Å². The average Bonchev–Trinajstić information content (AvgIpc) is 3.24. The molecule has 1 aromatic rings. The van der Waals surface area contributed by atoms with E-state index in [4.69, 9.17) is 0 Å². The molecule has 1 aliphatic carbocycles. The standard InChI is InChI=1S/C15H20F3NOS/c16-15(17,18)11-20-7-2-8-21-14-4-1-3-12(9-14)10-19-13-5-6-13/h1,3-4,9,13,19H,2,5-8,10-11H2. The largest absolute Gasteiger partial charge is 0.411 e. The highest BCUT2D eigenvalue weighted by atomic mass is 32.2. The lowest BCUT2D eigenvalue weighted by Crippen LogP contribution is -2.17. The first-order valence-electron chi connectivity index (χ1n) is 7.12. The van der Waals surface area contributed by atoms with E-state index >= 15 is 0 Å². The van der Waals surface area contributed by atoms with Crippen molar-refractivity contribution in [2.24, 2.45) is 0 Å². The highest BCUT2D eigenvalue weighted by Gasteiger charge is 2.27. The third-order valence-corrected chi connectivity index (χ3v) is 4.12. The molecule has 118 valence electrons. The van der Waals surface area contributed by atoms with Crippen LogP contribution < -0.4 is 5.32 Å². The molecule has 6 heteroatoms. The number of hydrogen-bond acceptors (Lipinski definition) is 3. The van der Waals surface area contributed by atoms with Crippen molar-refractivity contribution in [2.75, 3.05) is 19.0 Å². The van der Waals surface area contributed by atoms with Crippen LogP contribution in [-0.2, 0) is 11.3 Å². The quantitative estimate of drug-likeness (QED) is 0.549. The molecule has 2 rings (SSSR count). The van der Waals surface area contributed by atoms with E-state index in [0.717, 1.165) is 17.2 Å². The van der Waals surface area contributed by atoms with Crippen molar-refractivity contribution in [1.29, 1.82) is 0 Å². The number of ether oxygens (including phenoxy) is 1. The molecule has 0 aliphatic heterocycles. The van der Waals surface area contributed by atoms with Crippen LogP contribution in [0, 0.1) is 0 Å². The molecule has 1 saturated carbocycles. The van der Waals surface area contributed by atoms with E-state index in [9.17, 15) is 13.2 Å². The van der Waals surface area contributed by atoms with E-state index in [1.807, 2.05) is 12.1 Å². The second kappa shape index (κ2) is 8.06. The van der Waals surface area contributed by atoms with Crippen LogP contribution >= 0.6 is 11.8 Å². The number of halogens is 3.